The van der Waals surface area contributed by atoms with Gasteiger partial charge < -0.3 is 15.0 Å². The highest BCUT2D eigenvalue weighted by Crippen LogP contribution is 2.28. The molecular weight excluding hydrogens is 382 g/mol. The van der Waals surface area contributed by atoms with Crippen molar-refractivity contribution in [2.75, 3.05) is 32.8 Å². The molecule has 2 aliphatic rings. The Balaban J connectivity index is 1.43. The molecule has 1 unspecified atom stereocenters. The maximum absolute atomic E-state index is 12.5. The number of hydrogen-bond donors (Lipinski definition) is 1. The highest BCUT2D eigenvalue weighted by molar-refractivity contribution is 5.86. The minimum atomic E-state index is -0.649. The van der Waals surface area contributed by atoms with Gasteiger partial charge in [-0.05, 0) is 31.2 Å². The van der Waals surface area contributed by atoms with Gasteiger partial charge in [0.05, 0.1) is 0 Å². The van der Waals surface area contributed by atoms with Crippen molar-refractivity contribution in [3.8, 4) is 0 Å². The minimum Gasteiger partial charge on any atom is -0.454 e. The average Bonchev–Trinajstić information content (AvgIpc) is 3.25. The fourth-order valence-corrected chi connectivity index (χ4v) is 4.42. The number of benzene rings is 1. The summed E-state index contributed by atoms with van der Waals surface area (Å²) in [5.41, 5.74) is 2.53. The summed E-state index contributed by atoms with van der Waals surface area (Å²) in [6.07, 6.45) is 3.91. The molecule has 0 radical (unpaired) electrons. The van der Waals surface area contributed by atoms with Crippen LogP contribution in [0.1, 0.15) is 43.7 Å². The van der Waals surface area contributed by atoms with Crippen LogP contribution in [-0.2, 0) is 25.7 Å². The highest BCUT2D eigenvalue weighted by Gasteiger charge is 2.33. The van der Waals surface area contributed by atoms with Crippen molar-refractivity contribution in [1.82, 2.24) is 15.1 Å². The molecule has 0 aromatic heterocycles. The Morgan fingerprint density at radius 3 is 2.47 bits per heavy atom. The first-order valence-corrected chi connectivity index (χ1v) is 10.9. The van der Waals surface area contributed by atoms with Gasteiger partial charge in [0.1, 0.15) is 6.04 Å². The van der Waals surface area contributed by atoms with Crippen LogP contribution in [-0.4, -0.2) is 66.4 Å². The molecule has 1 atom stereocenters. The molecular formula is C23H33N3O4. The number of carbonyl (C=O) groups excluding carboxylic acids is 3. The van der Waals surface area contributed by atoms with Gasteiger partial charge in [0, 0.05) is 39.6 Å². The molecule has 1 aliphatic carbocycles. The Hall–Kier alpha value is -2.41. The van der Waals surface area contributed by atoms with Gasteiger partial charge >= 0.3 is 5.97 Å². The van der Waals surface area contributed by atoms with E-state index in [1.807, 2.05) is 0 Å². The fourth-order valence-electron chi connectivity index (χ4n) is 4.42. The first-order valence-electron chi connectivity index (χ1n) is 10.9. The van der Waals surface area contributed by atoms with Crippen molar-refractivity contribution in [2.24, 2.45) is 5.92 Å². The summed E-state index contributed by atoms with van der Waals surface area (Å²) in [6, 6.07) is 7.82. The van der Waals surface area contributed by atoms with Gasteiger partial charge in [-0.15, -0.1) is 0 Å². The van der Waals surface area contributed by atoms with Crippen LogP contribution < -0.4 is 5.32 Å². The van der Waals surface area contributed by atoms with Gasteiger partial charge in [0.15, 0.2) is 6.61 Å². The molecule has 1 aliphatic heterocycles. The highest BCUT2D eigenvalue weighted by atomic mass is 16.5. The van der Waals surface area contributed by atoms with Crippen molar-refractivity contribution >= 4 is 17.8 Å². The molecule has 2 fully saturated rings. The number of carbonyl (C=O) groups is 3. The Bertz CT molecular complexity index is 753. The number of esters is 1. The van der Waals surface area contributed by atoms with Crippen LogP contribution in [0.5, 0.6) is 0 Å². The maximum atomic E-state index is 12.5. The van der Waals surface area contributed by atoms with Gasteiger partial charge in [-0.1, -0.05) is 42.7 Å². The topological polar surface area (TPSA) is 78.9 Å². The first kappa shape index (κ1) is 22.3. The molecule has 30 heavy (non-hydrogen) atoms. The molecule has 1 saturated carbocycles. The van der Waals surface area contributed by atoms with Gasteiger partial charge in [-0.2, -0.15) is 0 Å². The molecule has 164 valence electrons. The average molecular weight is 416 g/mol. The zero-order chi connectivity index (χ0) is 21.5. The van der Waals surface area contributed by atoms with Gasteiger partial charge in [0.2, 0.25) is 5.91 Å². The van der Waals surface area contributed by atoms with E-state index in [1.54, 1.807) is 4.90 Å². The zero-order valence-corrected chi connectivity index (χ0v) is 18.1. The van der Waals surface area contributed by atoms with E-state index < -0.39 is 12.0 Å². The molecule has 0 bridgehead atoms. The number of aryl methyl sites for hydroxylation is 1. The lowest BCUT2D eigenvalue weighted by molar-refractivity contribution is -0.156. The molecule has 1 aromatic carbocycles. The molecule has 1 aromatic rings. The Labute approximate surface area is 178 Å². The van der Waals surface area contributed by atoms with E-state index in [0.29, 0.717) is 13.1 Å². The standard InChI is InChI=1S/C23H33N3O4/c1-17-6-5-7-19(14-17)15-25-10-12-26(13-11-25)21(28)16-30-23(29)22(24-18(2)27)20-8-3-4-9-20/h5-7,14,20,22H,3-4,8-13,15-16H2,1-2H3,(H,24,27). The van der Waals surface area contributed by atoms with E-state index in [1.165, 1.54) is 18.1 Å². The smallest absolute Gasteiger partial charge is 0.329 e. The third-order valence-corrected chi connectivity index (χ3v) is 6.04. The van der Waals surface area contributed by atoms with Gasteiger partial charge in [0.25, 0.3) is 5.91 Å². The number of nitrogens with zero attached hydrogens (tertiary/aromatic N) is 2. The van der Waals surface area contributed by atoms with E-state index in [-0.39, 0.29) is 24.3 Å². The van der Waals surface area contributed by atoms with E-state index in [4.69, 9.17) is 4.74 Å². The first-order chi connectivity index (χ1) is 14.4. The summed E-state index contributed by atoms with van der Waals surface area (Å²) >= 11 is 0. The maximum Gasteiger partial charge on any atom is 0.329 e. The molecule has 3 rings (SSSR count). The number of ether oxygens (including phenoxy) is 1. The van der Waals surface area contributed by atoms with Crippen molar-refractivity contribution in [3.63, 3.8) is 0 Å². The van der Waals surface area contributed by atoms with Crippen molar-refractivity contribution in [3.05, 3.63) is 35.4 Å². The van der Waals surface area contributed by atoms with Crippen LogP contribution in [0.15, 0.2) is 24.3 Å². The largest absolute Gasteiger partial charge is 0.454 e. The lowest BCUT2D eigenvalue weighted by atomic mass is 9.98. The number of rotatable bonds is 7. The zero-order valence-electron chi connectivity index (χ0n) is 18.1. The van der Waals surface area contributed by atoms with E-state index in [9.17, 15) is 14.4 Å². The normalized spacial score (nSPS) is 18.8. The third-order valence-electron chi connectivity index (χ3n) is 6.04. The van der Waals surface area contributed by atoms with Crippen LogP contribution in [0.4, 0.5) is 0 Å². The van der Waals surface area contributed by atoms with Crippen molar-refractivity contribution in [2.45, 2.75) is 52.1 Å². The number of nitrogens with one attached hydrogen (secondary N) is 1. The molecule has 7 heteroatoms. The van der Waals surface area contributed by atoms with Crippen LogP contribution in [0.2, 0.25) is 0 Å². The monoisotopic (exact) mass is 415 g/mol. The van der Waals surface area contributed by atoms with E-state index >= 15 is 0 Å². The van der Waals surface area contributed by atoms with Crippen molar-refractivity contribution < 1.29 is 19.1 Å². The number of amides is 2. The quantitative estimate of drug-likeness (QED) is 0.688. The van der Waals surface area contributed by atoms with Crippen molar-refractivity contribution in [1.29, 1.82) is 0 Å². The van der Waals surface area contributed by atoms with Crippen LogP contribution in [0, 0.1) is 12.8 Å². The predicted molar refractivity (Wildman–Crippen MR) is 114 cm³/mol. The molecule has 2 amide bonds. The molecule has 1 heterocycles. The second kappa shape index (κ2) is 10.6. The third kappa shape index (κ3) is 6.29. The Morgan fingerprint density at radius 2 is 1.83 bits per heavy atom. The lowest BCUT2D eigenvalue weighted by Gasteiger charge is -2.34. The van der Waals surface area contributed by atoms with Crippen LogP contribution >= 0.6 is 0 Å². The summed E-state index contributed by atoms with van der Waals surface area (Å²) in [5.74, 6) is -0.823. The lowest BCUT2D eigenvalue weighted by Crippen LogP contribution is -2.50. The van der Waals surface area contributed by atoms with Crippen LogP contribution in [0.3, 0.4) is 0 Å². The van der Waals surface area contributed by atoms with Crippen LogP contribution in [0.25, 0.3) is 0 Å². The second-order valence-electron chi connectivity index (χ2n) is 8.48. The summed E-state index contributed by atoms with van der Waals surface area (Å²) in [4.78, 5) is 40.6. The SMILES string of the molecule is CC(=O)NC(C(=O)OCC(=O)N1CCN(Cc2cccc(C)c2)CC1)C1CCCC1. The van der Waals surface area contributed by atoms with E-state index in [2.05, 4.69) is 41.4 Å². The van der Waals surface area contributed by atoms with Gasteiger partial charge in [-0.3, -0.25) is 14.5 Å². The molecule has 0 spiro atoms. The predicted octanol–water partition coefficient (Wildman–Crippen LogP) is 1.88. The van der Waals surface area contributed by atoms with Gasteiger partial charge in [-0.25, -0.2) is 4.79 Å². The molecule has 1 N–H and O–H groups in total. The molecule has 7 nitrogen and oxygen atoms in total. The summed E-state index contributed by atoms with van der Waals surface area (Å²) in [5, 5.41) is 2.71. The van der Waals surface area contributed by atoms with E-state index in [0.717, 1.165) is 45.3 Å². The Morgan fingerprint density at radius 1 is 1.13 bits per heavy atom. The number of hydrogen-bond acceptors (Lipinski definition) is 5. The fraction of sp³-hybridized carbons (Fsp3) is 0.609. The minimum absolute atomic E-state index is 0.0988. The summed E-state index contributed by atoms with van der Waals surface area (Å²) in [6.45, 7) is 6.94. The molecule has 1 saturated heterocycles. The Kier molecular flexibility index (Phi) is 7.85. The number of piperazine rings is 1. The summed E-state index contributed by atoms with van der Waals surface area (Å²) < 4.78 is 5.31. The summed E-state index contributed by atoms with van der Waals surface area (Å²) in [7, 11) is 0. The second-order valence-corrected chi connectivity index (χ2v) is 8.48.